The molecule has 0 aromatic heterocycles. The van der Waals surface area contributed by atoms with Gasteiger partial charge in [-0.15, -0.1) is 0 Å². The maximum absolute atomic E-state index is 10.4. The van der Waals surface area contributed by atoms with Gasteiger partial charge in [0.25, 0.3) is 0 Å². The summed E-state index contributed by atoms with van der Waals surface area (Å²) in [7, 11) is 0. The van der Waals surface area contributed by atoms with Crippen LogP contribution in [-0.4, -0.2) is 27.8 Å². The Balaban J connectivity index is 2.64. The fourth-order valence-corrected chi connectivity index (χ4v) is 1.02. The summed E-state index contributed by atoms with van der Waals surface area (Å²) in [6.45, 7) is 0. The Kier molecular flexibility index (Phi) is 1.36. The molecule has 1 unspecified atom stereocenters. The SMILES string of the molecule is O=C1CC([SeH])C(=O)N1. The van der Waals surface area contributed by atoms with E-state index in [1.54, 1.807) is 0 Å². The number of carbonyl (C=O) groups is 2. The average molecular weight is 178 g/mol. The molecular formula is C4H5NO2Se. The van der Waals surface area contributed by atoms with Crippen LogP contribution in [0.1, 0.15) is 6.42 Å². The topological polar surface area (TPSA) is 46.2 Å². The number of hydrogen-bond acceptors (Lipinski definition) is 2. The van der Waals surface area contributed by atoms with E-state index in [0.29, 0.717) is 6.42 Å². The van der Waals surface area contributed by atoms with E-state index >= 15 is 0 Å². The van der Waals surface area contributed by atoms with Gasteiger partial charge in [-0.2, -0.15) is 0 Å². The van der Waals surface area contributed by atoms with Crippen molar-refractivity contribution in [3.63, 3.8) is 0 Å². The molecule has 0 aliphatic carbocycles. The fourth-order valence-electron chi connectivity index (χ4n) is 0.540. The molecule has 1 saturated heterocycles. The molecule has 0 aromatic carbocycles. The third kappa shape index (κ3) is 0.904. The standard InChI is InChI=1S/C4H5NO2Se/c6-3-1-2(8)4(7)5-3/h2,8H,1H2,(H,5,6,7). The van der Waals surface area contributed by atoms with Gasteiger partial charge < -0.3 is 0 Å². The summed E-state index contributed by atoms with van der Waals surface area (Å²) in [6, 6.07) is 0. The van der Waals surface area contributed by atoms with Gasteiger partial charge in [0, 0.05) is 0 Å². The zero-order valence-electron chi connectivity index (χ0n) is 4.05. The molecule has 1 fully saturated rings. The summed E-state index contributed by atoms with van der Waals surface area (Å²) in [6.07, 6.45) is 0.332. The second-order valence-corrected chi connectivity index (χ2v) is 2.94. The molecule has 1 atom stereocenters. The number of rotatable bonds is 0. The van der Waals surface area contributed by atoms with E-state index in [1.165, 1.54) is 0 Å². The second-order valence-electron chi connectivity index (χ2n) is 1.63. The first-order valence-electron chi connectivity index (χ1n) is 2.22. The number of carbonyl (C=O) groups excluding carboxylic acids is 2. The average Bonchev–Trinajstić information content (AvgIpc) is 1.85. The minimum absolute atomic E-state index is 0.166. The molecule has 0 bridgehead atoms. The molecule has 8 heavy (non-hydrogen) atoms. The van der Waals surface area contributed by atoms with E-state index in [-0.39, 0.29) is 16.6 Å². The van der Waals surface area contributed by atoms with Gasteiger partial charge >= 0.3 is 54.0 Å². The van der Waals surface area contributed by atoms with E-state index in [9.17, 15) is 9.59 Å². The third-order valence-corrected chi connectivity index (χ3v) is 1.82. The summed E-state index contributed by atoms with van der Waals surface area (Å²) in [5, 5.41) is 2.17. The molecule has 0 spiro atoms. The Morgan fingerprint density at radius 3 is 2.38 bits per heavy atom. The Hall–Kier alpha value is -0.341. The summed E-state index contributed by atoms with van der Waals surface area (Å²) >= 11 is 2.16. The Labute approximate surface area is 54.6 Å². The Morgan fingerprint density at radius 1 is 1.62 bits per heavy atom. The van der Waals surface area contributed by atoms with Gasteiger partial charge in [0.2, 0.25) is 0 Å². The summed E-state index contributed by atoms with van der Waals surface area (Å²) in [5.74, 6) is -0.337. The van der Waals surface area contributed by atoms with Crippen molar-refractivity contribution >= 4 is 27.8 Å². The van der Waals surface area contributed by atoms with Gasteiger partial charge in [-0.1, -0.05) is 0 Å². The van der Waals surface area contributed by atoms with Gasteiger partial charge in [-0.25, -0.2) is 0 Å². The molecule has 1 rings (SSSR count). The summed E-state index contributed by atoms with van der Waals surface area (Å²) < 4.78 is 0. The molecule has 44 valence electrons. The molecule has 1 N–H and O–H groups in total. The van der Waals surface area contributed by atoms with Gasteiger partial charge in [0.1, 0.15) is 0 Å². The molecule has 1 heterocycles. The molecule has 0 saturated carbocycles. The van der Waals surface area contributed by atoms with Crippen LogP contribution in [0.4, 0.5) is 0 Å². The maximum atomic E-state index is 10.4. The third-order valence-electron chi connectivity index (χ3n) is 0.944. The second kappa shape index (κ2) is 1.88. The van der Waals surface area contributed by atoms with Crippen molar-refractivity contribution in [3.8, 4) is 0 Å². The molecule has 3 nitrogen and oxygen atoms in total. The van der Waals surface area contributed by atoms with Crippen molar-refractivity contribution in [2.75, 3.05) is 0 Å². The number of nitrogens with one attached hydrogen (secondary N) is 1. The normalized spacial score (nSPS) is 28.4. The number of imide groups is 1. The molecule has 0 radical (unpaired) electrons. The summed E-state index contributed by atoms with van der Waals surface area (Å²) in [5.41, 5.74) is 0. The summed E-state index contributed by atoms with van der Waals surface area (Å²) in [4.78, 5) is 20.6. The molecule has 2 amide bonds. The quantitative estimate of drug-likeness (QED) is 0.371. The van der Waals surface area contributed by atoms with E-state index in [1.807, 2.05) is 0 Å². The number of hydrogen-bond donors (Lipinski definition) is 1. The van der Waals surface area contributed by atoms with Crippen LogP contribution in [0.2, 0.25) is 4.82 Å². The fraction of sp³-hybridized carbons (Fsp3) is 0.500. The van der Waals surface area contributed by atoms with Crippen molar-refractivity contribution in [3.05, 3.63) is 0 Å². The van der Waals surface area contributed by atoms with E-state index in [4.69, 9.17) is 0 Å². The number of amides is 2. The van der Waals surface area contributed by atoms with Crippen LogP contribution in [-0.2, 0) is 9.59 Å². The van der Waals surface area contributed by atoms with Crippen molar-refractivity contribution < 1.29 is 9.59 Å². The van der Waals surface area contributed by atoms with Gasteiger partial charge in [-0.05, 0) is 0 Å². The molecule has 1 aliphatic heterocycles. The van der Waals surface area contributed by atoms with Crippen LogP contribution in [0.25, 0.3) is 0 Å². The minimum atomic E-state index is -0.171. The van der Waals surface area contributed by atoms with Crippen LogP contribution in [0.5, 0.6) is 0 Å². The molecule has 1 aliphatic rings. The van der Waals surface area contributed by atoms with Crippen LogP contribution < -0.4 is 5.32 Å². The first-order valence-corrected chi connectivity index (χ1v) is 3.30. The van der Waals surface area contributed by atoms with Crippen LogP contribution >= 0.6 is 0 Å². The van der Waals surface area contributed by atoms with Crippen LogP contribution in [0.15, 0.2) is 0 Å². The van der Waals surface area contributed by atoms with Crippen molar-refractivity contribution in [2.24, 2.45) is 0 Å². The van der Waals surface area contributed by atoms with Crippen molar-refractivity contribution in [1.82, 2.24) is 5.32 Å². The first kappa shape index (κ1) is 5.79. The van der Waals surface area contributed by atoms with Gasteiger partial charge in [0.05, 0.1) is 0 Å². The molecular weight excluding hydrogens is 173 g/mol. The zero-order chi connectivity index (χ0) is 6.15. The predicted molar refractivity (Wildman–Crippen MR) is 28.7 cm³/mol. The van der Waals surface area contributed by atoms with Crippen LogP contribution in [0, 0.1) is 0 Å². The Bertz CT molecular complexity index is 145. The van der Waals surface area contributed by atoms with Crippen molar-refractivity contribution in [1.29, 1.82) is 0 Å². The van der Waals surface area contributed by atoms with Crippen LogP contribution in [0.3, 0.4) is 0 Å². The first-order chi connectivity index (χ1) is 3.70. The van der Waals surface area contributed by atoms with Crippen molar-refractivity contribution in [2.45, 2.75) is 11.2 Å². The predicted octanol–water partition coefficient (Wildman–Crippen LogP) is -1.28. The van der Waals surface area contributed by atoms with E-state index in [2.05, 4.69) is 21.3 Å². The Morgan fingerprint density at radius 2 is 2.25 bits per heavy atom. The van der Waals surface area contributed by atoms with Gasteiger partial charge in [-0.3, -0.25) is 0 Å². The zero-order valence-corrected chi connectivity index (χ0v) is 5.92. The van der Waals surface area contributed by atoms with Gasteiger partial charge in [0.15, 0.2) is 0 Å². The van der Waals surface area contributed by atoms with E-state index in [0.717, 1.165) is 0 Å². The van der Waals surface area contributed by atoms with E-state index < -0.39 is 0 Å². The monoisotopic (exact) mass is 179 g/mol. The molecule has 4 heteroatoms. The molecule has 0 aromatic rings.